The van der Waals surface area contributed by atoms with E-state index in [-0.39, 0.29) is 23.5 Å². The number of fused-ring (bicyclic) bond motifs is 1. The van der Waals surface area contributed by atoms with E-state index in [1.165, 1.54) is 13.2 Å². The first-order valence-corrected chi connectivity index (χ1v) is 14.6. The lowest BCUT2D eigenvalue weighted by molar-refractivity contribution is -0.135. The predicted molar refractivity (Wildman–Crippen MR) is 162 cm³/mol. The first-order valence-electron chi connectivity index (χ1n) is 14.6. The molecule has 4 heterocycles. The molecule has 6 rings (SSSR count). The highest BCUT2D eigenvalue weighted by Gasteiger charge is 2.33. The van der Waals surface area contributed by atoms with Crippen molar-refractivity contribution in [2.24, 2.45) is 5.92 Å². The van der Waals surface area contributed by atoms with Crippen molar-refractivity contribution in [3.63, 3.8) is 0 Å². The van der Waals surface area contributed by atoms with Gasteiger partial charge in [-0.3, -0.25) is 14.0 Å². The molecule has 4 aromatic rings. The molecule has 1 atom stereocenters. The Hall–Kier alpha value is -4.51. The van der Waals surface area contributed by atoms with Crippen LogP contribution in [0.1, 0.15) is 35.2 Å². The van der Waals surface area contributed by atoms with Gasteiger partial charge in [-0.15, -0.1) is 0 Å². The van der Waals surface area contributed by atoms with Crippen LogP contribution >= 0.6 is 0 Å². The molecule has 2 fully saturated rings. The number of nitrogens with one attached hydrogen (secondary N) is 2. The number of likely N-dealkylation sites (tertiary alicyclic amines) is 2. The molecule has 2 saturated heterocycles. The number of benzene rings is 2. The zero-order valence-corrected chi connectivity index (χ0v) is 24.6. The van der Waals surface area contributed by atoms with Crippen molar-refractivity contribution in [1.29, 1.82) is 0 Å². The number of hydrogen-bond acceptors (Lipinski definition) is 7. The van der Waals surface area contributed by atoms with Crippen molar-refractivity contribution in [2.45, 2.75) is 32.2 Å². The Labute approximate surface area is 249 Å². The lowest BCUT2D eigenvalue weighted by atomic mass is 9.94. The number of aryl methyl sites for hydroxylation is 1. The number of hydrogen-bond donors (Lipinski definition) is 2. The molecule has 11 heteroatoms. The van der Waals surface area contributed by atoms with Gasteiger partial charge in [-0.05, 0) is 75.2 Å². The molecule has 2 amide bonds. The normalized spacial score (nSPS) is 17.4. The Morgan fingerprint density at radius 2 is 1.81 bits per heavy atom. The van der Waals surface area contributed by atoms with E-state index in [1.807, 2.05) is 46.4 Å². The van der Waals surface area contributed by atoms with E-state index >= 15 is 0 Å². The summed E-state index contributed by atoms with van der Waals surface area (Å²) < 4.78 is 21.2. The van der Waals surface area contributed by atoms with Gasteiger partial charge in [0, 0.05) is 67.3 Å². The lowest BCUT2D eigenvalue weighted by Crippen LogP contribution is -2.44. The molecule has 0 aliphatic carbocycles. The molecule has 0 spiro atoms. The maximum Gasteiger partial charge on any atom is 0.254 e. The second-order valence-electron chi connectivity index (χ2n) is 11.2. The van der Waals surface area contributed by atoms with Gasteiger partial charge in [0.25, 0.3) is 5.91 Å². The molecule has 43 heavy (non-hydrogen) atoms. The number of rotatable bonds is 7. The van der Waals surface area contributed by atoms with Crippen molar-refractivity contribution in [1.82, 2.24) is 29.5 Å². The van der Waals surface area contributed by atoms with Gasteiger partial charge in [0.05, 0.1) is 19.0 Å². The molecule has 0 unspecified atom stereocenters. The number of ether oxygens (including phenoxy) is 1. The van der Waals surface area contributed by atoms with Gasteiger partial charge in [0.15, 0.2) is 23.0 Å². The maximum atomic E-state index is 14.4. The summed E-state index contributed by atoms with van der Waals surface area (Å²) in [5.74, 6) is 0.452. The average molecular weight is 586 g/mol. The average Bonchev–Trinajstić information content (AvgIpc) is 3.69. The van der Waals surface area contributed by atoms with Crippen LogP contribution in [0.15, 0.2) is 55.0 Å². The number of halogens is 1. The van der Waals surface area contributed by atoms with E-state index in [0.717, 1.165) is 30.8 Å². The van der Waals surface area contributed by atoms with Gasteiger partial charge in [0.1, 0.15) is 0 Å². The summed E-state index contributed by atoms with van der Waals surface area (Å²) in [6, 6.07) is 10.8. The minimum atomic E-state index is -0.449. The zero-order chi connectivity index (χ0) is 30.1. The van der Waals surface area contributed by atoms with Gasteiger partial charge in [0.2, 0.25) is 5.91 Å². The van der Waals surface area contributed by atoms with E-state index in [4.69, 9.17) is 4.74 Å². The summed E-state index contributed by atoms with van der Waals surface area (Å²) in [5, 5.41) is 6.58. The van der Waals surface area contributed by atoms with Crippen LogP contribution in [0.3, 0.4) is 0 Å². The Morgan fingerprint density at radius 3 is 2.51 bits per heavy atom. The Kier molecular flexibility index (Phi) is 7.98. The summed E-state index contributed by atoms with van der Waals surface area (Å²) in [6.07, 6.45) is 7.48. The fourth-order valence-corrected chi connectivity index (χ4v) is 6.12. The number of nitrogens with zero attached hydrogens (tertiary/aromatic N) is 5. The summed E-state index contributed by atoms with van der Waals surface area (Å²) in [6.45, 7) is 4.63. The van der Waals surface area contributed by atoms with Gasteiger partial charge in [-0.1, -0.05) is 0 Å². The van der Waals surface area contributed by atoms with Crippen molar-refractivity contribution < 1.29 is 18.7 Å². The molecular formula is C32H36FN7O3. The minimum absolute atomic E-state index is 0.0174. The van der Waals surface area contributed by atoms with Crippen molar-refractivity contribution >= 4 is 29.0 Å². The predicted octanol–water partition coefficient (Wildman–Crippen LogP) is 4.27. The molecular weight excluding hydrogens is 549 g/mol. The number of aromatic nitrogens is 3. The summed E-state index contributed by atoms with van der Waals surface area (Å²) in [7, 11) is 3.37. The lowest BCUT2D eigenvalue weighted by Gasteiger charge is -2.33. The second kappa shape index (κ2) is 12.0. The first-order chi connectivity index (χ1) is 20.9. The van der Waals surface area contributed by atoms with Crippen LogP contribution in [0.4, 0.5) is 15.9 Å². The van der Waals surface area contributed by atoms with E-state index in [9.17, 15) is 14.0 Å². The van der Waals surface area contributed by atoms with E-state index in [0.29, 0.717) is 60.3 Å². The SMILES string of the molecule is CN[C@@H]1CCN(C(=O)C2CCN(C(=O)c3ccc(Nc4nccn5c(-c6ccc(OC)c(F)c6)cnc45)cc3C)CC2)C1. The number of methoxy groups -OCH3 is 1. The number of likely N-dealkylation sites (N-methyl/N-ethyl adjacent to an activating group) is 1. The Bertz CT molecular complexity index is 1660. The summed E-state index contributed by atoms with van der Waals surface area (Å²) in [5.41, 5.74) is 4.21. The highest BCUT2D eigenvalue weighted by Crippen LogP contribution is 2.29. The zero-order valence-electron chi connectivity index (χ0n) is 24.6. The van der Waals surface area contributed by atoms with Crippen LogP contribution in [0.2, 0.25) is 0 Å². The van der Waals surface area contributed by atoms with E-state index in [1.54, 1.807) is 30.7 Å². The third-order valence-electron chi connectivity index (χ3n) is 8.63. The largest absolute Gasteiger partial charge is 0.494 e. The van der Waals surface area contributed by atoms with Crippen LogP contribution in [-0.4, -0.2) is 82.4 Å². The number of anilines is 2. The minimum Gasteiger partial charge on any atom is -0.494 e. The van der Waals surface area contributed by atoms with E-state index < -0.39 is 5.82 Å². The molecule has 224 valence electrons. The monoisotopic (exact) mass is 585 g/mol. The molecule has 0 bridgehead atoms. The van der Waals surface area contributed by atoms with Gasteiger partial charge < -0.3 is 25.2 Å². The number of imidazole rings is 1. The molecule has 2 aliphatic rings. The molecule has 2 aromatic heterocycles. The summed E-state index contributed by atoms with van der Waals surface area (Å²) in [4.78, 5) is 39.3. The quantitative estimate of drug-likeness (QED) is 0.334. The summed E-state index contributed by atoms with van der Waals surface area (Å²) >= 11 is 0. The second-order valence-corrected chi connectivity index (χ2v) is 11.2. The van der Waals surface area contributed by atoms with Crippen LogP contribution in [0.25, 0.3) is 16.9 Å². The number of carbonyl (C=O) groups excluding carboxylic acids is 2. The Balaban J connectivity index is 1.12. The maximum absolute atomic E-state index is 14.4. The smallest absolute Gasteiger partial charge is 0.254 e. The fraction of sp³-hybridized carbons (Fsp3) is 0.375. The molecule has 2 aromatic carbocycles. The third kappa shape index (κ3) is 5.64. The van der Waals surface area contributed by atoms with Crippen molar-refractivity contribution in [2.75, 3.05) is 45.7 Å². The van der Waals surface area contributed by atoms with Crippen LogP contribution < -0.4 is 15.4 Å². The highest BCUT2D eigenvalue weighted by atomic mass is 19.1. The molecule has 0 radical (unpaired) electrons. The molecule has 2 aliphatic heterocycles. The standard InChI is InChI=1S/C32H36FN7O3/c1-20-16-23(37-29-30-36-18-27(40(30)15-11-35-29)22-4-7-28(43-3)26(33)17-22)5-6-25(20)32(42)38-12-8-21(9-13-38)31(41)39-14-10-24(19-39)34-2/h4-7,11,15-18,21,24,34H,8-10,12-14,19H2,1-3H3,(H,35,37)/t24-/m1/s1. The van der Waals surface area contributed by atoms with Crippen LogP contribution in [-0.2, 0) is 4.79 Å². The van der Waals surface area contributed by atoms with Crippen molar-refractivity contribution in [3.05, 3.63) is 71.9 Å². The highest BCUT2D eigenvalue weighted by molar-refractivity contribution is 5.96. The Morgan fingerprint density at radius 1 is 1.02 bits per heavy atom. The fourth-order valence-electron chi connectivity index (χ4n) is 6.12. The van der Waals surface area contributed by atoms with Crippen LogP contribution in [0, 0.1) is 18.7 Å². The number of amides is 2. The van der Waals surface area contributed by atoms with Crippen molar-refractivity contribution in [3.8, 4) is 17.0 Å². The van der Waals surface area contributed by atoms with Crippen LogP contribution in [0.5, 0.6) is 5.75 Å². The number of carbonyl (C=O) groups is 2. The van der Waals surface area contributed by atoms with Gasteiger partial charge >= 0.3 is 0 Å². The molecule has 0 saturated carbocycles. The molecule has 10 nitrogen and oxygen atoms in total. The first kappa shape index (κ1) is 28.6. The molecule has 2 N–H and O–H groups in total. The number of piperidine rings is 1. The third-order valence-corrected chi connectivity index (χ3v) is 8.63. The van der Waals surface area contributed by atoms with Gasteiger partial charge in [-0.25, -0.2) is 14.4 Å². The van der Waals surface area contributed by atoms with Gasteiger partial charge in [-0.2, -0.15) is 0 Å². The van der Waals surface area contributed by atoms with E-state index in [2.05, 4.69) is 20.6 Å². The topological polar surface area (TPSA) is 104 Å².